The SMILES string of the molecule is CC(N)C(C)C(=O)N1CCN(C(C)C(=O)O)CC1. The summed E-state index contributed by atoms with van der Waals surface area (Å²) in [6, 6.07) is -0.651. The first kappa shape index (κ1) is 14.9. The molecule has 6 heteroatoms. The quantitative estimate of drug-likeness (QED) is 0.715. The molecule has 0 radical (unpaired) electrons. The highest BCUT2D eigenvalue weighted by molar-refractivity contribution is 5.79. The van der Waals surface area contributed by atoms with Gasteiger partial charge in [-0.3, -0.25) is 14.5 Å². The van der Waals surface area contributed by atoms with Gasteiger partial charge in [0.1, 0.15) is 6.04 Å². The average molecular weight is 257 g/mol. The lowest BCUT2D eigenvalue weighted by molar-refractivity contribution is -0.144. The molecule has 0 bridgehead atoms. The van der Waals surface area contributed by atoms with Crippen molar-refractivity contribution >= 4 is 11.9 Å². The van der Waals surface area contributed by atoms with Crippen LogP contribution in [0.2, 0.25) is 0 Å². The lowest BCUT2D eigenvalue weighted by Crippen LogP contribution is -2.55. The normalized spacial score (nSPS) is 22.3. The number of carboxylic acid groups (broad SMARTS) is 1. The van der Waals surface area contributed by atoms with E-state index in [1.807, 2.05) is 18.7 Å². The summed E-state index contributed by atoms with van der Waals surface area (Å²) in [6.45, 7) is 7.69. The maximum atomic E-state index is 12.1. The van der Waals surface area contributed by atoms with Gasteiger partial charge in [0.15, 0.2) is 0 Å². The Labute approximate surface area is 108 Å². The fourth-order valence-corrected chi connectivity index (χ4v) is 2.00. The van der Waals surface area contributed by atoms with E-state index in [2.05, 4.69) is 0 Å². The molecule has 1 rings (SSSR count). The maximum absolute atomic E-state index is 12.1. The van der Waals surface area contributed by atoms with E-state index in [-0.39, 0.29) is 17.9 Å². The third kappa shape index (κ3) is 3.43. The molecule has 1 aliphatic rings. The molecule has 0 aromatic rings. The number of nitrogens with zero attached hydrogens (tertiary/aromatic N) is 2. The second kappa shape index (κ2) is 6.15. The number of carbonyl (C=O) groups is 2. The van der Waals surface area contributed by atoms with Crippen LogP contribution in [0.4, 0.5) is 0 Å². The first-order chi connectivity index (χ1) is 8.34. The van der Waals surface area contributed by atoms with Crippen molar-refractivity contribution in [2.75, 3.05) is 26.2 Å². The highest BCUT2D eigenvalue weighted by Gasteiger charge is 2.29. The van der Waals surface area contributed by atoms with Crippen LogP contribution >= 0.6 is 0 Å². The van der Waals surface area contributed by atoms with Gasteiger partial charge in [-0.1, -0.05) is 6.92 Å². The van der Waals surface area contributed by atoms with Gasteiger partial charge in [0.25, 0.3) is 0 Å². The fraction of sp³-hybridized carbons (Fsp3) is 0.833. The van der Waals surface area contributed by atoms with Gasteiger partial charge in [-0.2, -0.15) is 0 Å². The molecule has 1 heterocycles. The molecule has 104 valence electrons. The fourth-order valence-electron chi connectivity index (χ4n) is 2.00. The van der Waals surface area contributed by atoms with E-state index in [0.29, 0.717) is 26.2 Å². The third-order valence-electron chi connectivity index (χ3n) is 3.71. The zero-order valence-corrected chi connectivity index (χ0v) is 11.3. The molecule has 1 aliphatic heterocycles. The zero-order valence-electron chi connectivity index (χ0n) is 11.3. The van der Waals surface area contributed by atoms with E-state index in [1.54, 1.807) is 11.8 Å². The van der Waals surface area contributed by atoms with E-state index >= 15 is 0 Å². The molecule has 1 saturated heterocycles. The molecule has 3 unspecified atom stereocenters. The molecular formula is C12H23N3O3. The van der Waals surface area contributed by atoms with Crippen LogP contribution in [0, 0.1) is 5.92 Å². The Morgan fingerprint density at radius 1 is 1.11 bits per heavy atom. The lowest BCUT2D eigenvalue weighted by Gasteiger charge is -2.38. The second-order valence-electron chi connectivity index (χ2n) is 5.02. The van der Waals surface area contributed by atoms with Gasteiger partial charge < -0.3 is 15.7 Å². The third-order valence-corrected chi connectivity index (χ3v) is 3.71. The van der Waals surface area contributed by atoms with Crippen LogP contribution in [0.15, 0.2) is 0 Å². The number of aliphatic carboxylic acids is 1. The van der Waals surface area contributed by atoms with Crippen molar-refractivity contribution in [1.29, 1.82) is 0 Å². The predicted molar refractivity (Wildman–Crippen MR) is 68.1 cm³/mol. The lowest BCUT2D eigenvalue weighted by atomic mass is 10.0. The highest BCUT2D eigenvalue weighted by Crippen LogP contribution is 2.11. The summed E-state index contributed by atoms with van der Waals surface area (Å²) >= 11 is 0. The van der Waals surface area contributed by atoms with Crippen molar-refractivity contribution in [1.82, 2.24) is 9.80 Å². The van der Waals surface area contributed by atoms with E-state index in [1.165, 1.54) is 0 Å². The molecule has 3 atom stereocenters. The molecular weight excluding hydrogens is 234 g/mol. The molecule has 6 nitrogen and oxygen atoms in total. The number of carbonyl (C=O) groups excluding carboxylic acids is 1. The van der Waals surface area contributed by atoms with Crippen molar-refractivity contribution in [2.45, 2.75) is 32.9 Å². The molecule has 0 aromatic carbocycles. The van der Waals surface area contributed by atoms with E-state index in [0.717, 1.165) is 0 Å². The van der Waals surface area contributed by atoms with Gasteiger partial charge >= 0.3 is 5.97 Å². The first-order valence-electron chi connectivity index (χ1n) is 6.35. The minimum Gasteiger partial charge on any atom is -0.480 e. The molecule has 18 heavy (non-hydrogen) atoms. The second-order valence-corrected chi connectivity index (χ2v) is 5.02. The number of hydrogen-bond donors (Lipinski definition) is 2. The maximum Gasteiger partial charge on any atom is 0.320 e. The minimum absolute atomic E-state index is 0.0626. The monoisotopic (exact) mass is 257 g/mol. The number of nitrogens with two attached hydrogens (primary N) is 1. The Hall–Kier alpha value is -1.14. The predicted octanol–water partition coefficient (Wildman–Crippen LogP) is -0.413. The molecule has 0 spiro atoms. The molecule has 0 aromatic heterocycles. The summed E-state index contributed by atoms with van der Waals surface area (Å²) in [5.74, 6) is -0.945. The largest absolute Gasteiger partial charge is 0.480 e. The summed E-state index contributed by atoms with van der Waals surface area (Å²) in [6.07, 6.45) is 0. The summed E-state index contributed by atoms with van der Waals surface area (Å²) in [4.78, 5) is 26.6. The van der Waals surface area contributed by atoms with Gasteiger partial charge in [0.05, 0.1) is 5.92 Å². The van der Waals surface area contributed by atoms with Crippen molar-refractivity contribution < 1.29 is 14.7 Å². The molecule has 3 N–H and O–H groups in total. The number of piperazine rings is 1. The molecule has 0 saturated carbocycles. The number of rotatable bonds is 4. The average Bonchev–Trinajstić information content (AvgIpc) is 2.36. The van der Waals surface area contributed by atoms with Gasteiger partial charge in [0.2, 0.25) is 5.91 Å². The van der Waals surface area contributed by atoms with Crippen LogP contribution in [0.3, 0.4) is 0 Å². The van der Waals surface area contributed by atoms with Crippen LogP contribution in [-0.4, -0.2) is 65.0 Å². The smallest absolute Gasteiger partial charge is 0.320 e. The Balaban J connectivity index is 2.49. The van der Waals surface area contributed by atoms with Crippen LogP contribution < -0.4 is 5.73 Å². The summed E-state index contributed by atoms with van der Waals surface area (Å²) in [7, 11) is 0. The topological polar surface area (TPSA) is 86.9 Å². The Morgan fingerprint density at radius 3 is 2.00 bits per heavy atom. The minimum atomic E-state index is -0.821. The number of amides is 1. The van der Waals surface area contributed by atoms with Gasteiger partial charge in [0, 0.05) is 32.2 Å². The Bertz CT molecular complexity index is 312. The van der Waals surface area contributed by atoms with Gasteiger partial charge in [-0.05, 0) is 13.8 Å². The number of hydrogen-bond acceptors (Lipinski definition) is 4. The molecule has 1 fully saturated rings. The van der Waals surface area contributed by atoms with Crippen molar-refractivity contribution in [2.24, 2.45) is 11.7 Å². The molecule has 0 aliphatic carbocycles. The molecule has 1 amide bonds. The highest BCUT2D eigenvalue weighted by atomic mass is 16.4. The van der Waals surface area contributed by atoms with Crippen LogP contribution in [0.25, 0.3) is 0 Å². The zero-order chi connectivity index (χ0) is 13.9. The Morgan fingerprint density at radius 2 is 1.61 bits per heavy atom. The van der Waals surface area contributed by atoms with Crippen molar-refractivity contribution in [3.05, 3.63) is 0 Å². The summed E-state index contributed by atoms with van der Waals surface area (Å²) in [5.41, 5.74) is 5.72. The van der Waals surface area contributed by atoms with Crippen LogP contribution in [-0.2, 0) is 9.59 Å². The van der Waals surface area contributed by atoms with E-state index in [9.17, 15) is 9.59 Å². The van der Waals surface area contributed by atoms with Gasteiger partial charge in [-0.25, -0.2) is 0 Å². The summed E-state index contributed by atoms with van der Waals surface area (Å²) in [5, 5.41) is 8.93. The van der Waals surface area contributed by atoms with E-state index in [4.69, 9.17) is 10.8 Å². The van der Waals surface area contributed by atoms with E-state index < -0.39 is 12.0 Å². The van der Waals surface area contributed by atoms with Crippen LogP contribution in [0.5, 0.6) is 0 Å². The standard InChI is InChI=1S/C12H23N3O3/c1-8(9(2)13)11(16)15-6-4-14(5-7-15)10(3)12(17)18/h8-10H,4-7,13H2,1-3H3,(H,17,18). The van der Waals surface area contributed by atoms with Crippen LogP contribution in [0.1, 0.15) is 20.8 Å². The number of carboxylic acids is 1. The Kier molecular flexibility index (Phi) is 5.10. The van der Waals surface area contributed by atoms with Gasteiger partial charge in [-0.15, -0.1) is 0 Å². The van der Waals surface area contributed by atoms with Crippen molar-refractivity contribution in [3.8, 4) is 0 Å². The first-order valence-corrected chi connectivity index (χ1v) is 6.35. The summed E-state index contributed by atoms with van der Waals surface area (Å²) < 4.78 is 0. The van der Waals surface area contributed by atoms with Crippen molar-refractivity contribution in [3.63, 3.8) is 0 Å².